The first-order chi connectivity index (χ1) is 5.29. The Kier molecular flexibility index (Phi) is 1.38. The average Bonchev–Trinajstić information content (AvgIpc) is 2.35. The van der Waals surface area contributed by atoms with Crippen molar-refractivity contribution in [3.63, 3.8) is 0 Å². The van der Waals surface area contributed by atoms with Gasteiger partial charge in [-0.25, -0.2) is 14.4 Å². The number of aromatic nitrogens is 3. The molecule has 0 aliphatic rings. The van der Waals surface area contributed by atoms with E-state index < -0.39 is 5.82 Å². The Labute approximate surface area is 70.0 Å². The topological polar surface area (TPSA) is 30.2 Å². The van der Waals surface area contributed by atoms with E-state index >= 15 is 0 Å². The van der Waals surface area contributed by atoms with Crippen LogP contribution >= 0.6 is 15.9 Å². The van der Waals surface area contributed by atoms with Gasteiger partial charge in [0, 0.05) is 0 Å². The lowest BCUT2D eigenvalue weighted by Gasteiger charge is -1.92. The Morgan fingerprint density at radius 3 is 3.00 bits per heavy atom. The number of hydrogen-bond acceptors (Lipinski definition) is 2. The first kappa shape index (κ1) is 6.72. The molecule has 0 aliphatic carbocycles. The number of nitrogens with zero attached hydrogens (tertiary/aromatic N) is 3. The van der Waals surface area contributed by atoms with Crippen LogP contribution in [0.1, 0.15) is 0 Å². The van der Waals surface area contributed by atoms with Crippen molar-refractivity contribution in [1.82, 2.24) is 14.4 Å². The Morgan fingerprint density at radius 1 is 1.45 bits per heavy atom. The van der Waals surface area contributed by atoms with Gasteiger partial charge < -0.3 is 0 Å². The van der Waals surface area contributed by atoms with Gasteiger partial charge in [-0.3, -0.25) is 4.40 Å². The fourth-order valence-corrected chi connectivity index (χ4v) is 1.21. The molecule has 5 heteroatoms. The molecule has 0 amide bonds. The highest BCUT2D eigenvalue weighted by Gasteiger charge is 2.03. The normalized spacial score (nSPS) is 10.7. The molecule has 11 heavy (non-hydrogen) atoms. The second kappa shape index (κ2) is 2.27. The molecule has 0 atom stereocenters. The highest BCUT2D eigenvalue weighted by atomic mass is 79.9. The molecule has 0 aromatic carbocycles. The van der Waals surface area contributed by atoms with Crippen molar-refractivity contribution in [1.29, 1.82) is 0 Å². The molecule has 56 valence electrons. The van der Waals surface area contributed by atoms with Gasteiger partial charge in [0.05, 0.1) is 12.4 Å². The van der Waals surface area contributed by atoms with Crippen LogP contribution in [0.25, 0.3) is 5.65 Å². The number of fused-ring (bicyclic) bond motifs is 1. The summed E-state index contributed by atoms with van der Waals surface area (Å²) in [7, 11) is 0. The minimum absolute atomic E-state index is 0.284. The third kappa shape index (κ3) is 0.920. The lowest BCUT2D eigenvalue weighted by molar-refractivity contribution is 0.621. The smallest absolute Gasteiger partial charge is 0.184 e. The molecule has 0 aliphatic heterocycles. The maximum atomic E-state index is 12.8. The van der Waals surface area contributed by atoms with Crippen molar-refractivity contribution < 1.29 is 4.39 Å². The highest BCUT2D eigenvalue weighted by Crippen LogP contribution is 2.13. The second-order valence-electron chi connectivity index (χ2n) is 2.02. The van der Waals surface area contributed by atoms with E-state index in [1.54, 1.807) is 0 Å². The molecule has 0 saturated heterocycles. The van der Waals surface area contributed by atoms with E-state index in [-0.39, 0.29) is 5.65 Å². The SMILES string of the molecule is Fc1cncn2c(Br)cnc12. The predicted molar refractivity (Wildman–Crippen MR) is 40.6 cm³/mol. The van der Waals surface area contributed by atoms with Crippen LogP contribution in [0, 0.1) is 5.82 Å². The summed E-state index contributed by atoms with van der Waals surface area (Å²) in [5.41, 5.74) is 0.284. The number of imidazole rings is 1. The van der Waals surface area contributed by atoms with Gasteiger partial charge in [-0.15, -0.1) is 0 Å². The first-order valence-electron chi connectivity index (χ1n) is 2.91. The summed E-state index contributed by atoms with van der Waals surface area (Å²) in [6.07, 6.45) is 4.16. The molecule has 2 rings (SSSR count). The zero-order chi connectivity index (χ0) is 7.84. The van der Waals surface area contributed by atoms with E-state index in [1.807, 2.05) is 0 Å². The van der Waals surface area contributed by atoms with Crippen molar-refractivity contribution in [2.45, 2.75) is 0 Å². The Hall–Kier alpha value is -0.970. The summed E-state index contributed by atoms with van der Waals surface area (Å²) in [6.45, 7) is 0. The van der Waals surface area contributed by atoms with E-state index in [0.717, 1.165) is 6.20 Å². The molecule has 2 heterocycles. The number of halogens is 2. The molecule has 0 spiro atoms. The number of hydrogen-bond donors (Lipinski definition) is 0. The van der Waals surface area contributed by atoms with E-state index in [9.17, 15) is 4.39 Å². The number of rotatable bonds is 0. The molecule has 0 saturated carbocycles. The standard InChI is InChI=1S/C6H3BrFN3/c7-5-2-10-6-4(8)1-9-3-11(5)6/h1-3H. The third-order valence-electron chi connectivity index (χ3n) is 1.34. The summed E-state index contributed by atoms with van der Waals surface area (Å²) in [4.78, 5) is 7.48. The fourth-order valence-electron chi connectivity index (χ4n) is 0.850. The first-order valence-corrected chi connectivity index (χ1v) is 3.70. The van der Waals surface area contributed by atoms with Crippen LogP contribution in [-0.2, 0) is 0 Å². The maximum absolute atomic E-state index is 12.8. The van der Waals surface area contributed by atoms with Gasteiger partial charge in [0.25, 0.3) is 0 Å². The maximum Gasteiger partial charge on any atom is 0.184 e. The lowest BCUT2D eigenvalue weighted by Crippen LogP contribution is -1.90. The van der Waals surface area contributed by atoms with Crippen molar-refractivity contribution in [2.24, 2.45) is 0 Å². The predicted octanol–water partition coefficient (Wildman–Crippen LogP) is 1.63. The zero-order valence-corrected chi connectivity index (χ0v) is 6.92. The van der Waals surface area contributed by atoms with Crippen LogP contribution < -0.4 is 0 Å². The van der Waals surface area contributed by atoms with Gasteiger partial charge in [0.2, 0.25) is 0 Å². The van der Waals surface area contributed by atoms with E-state index in [1.165, 1.54) is 16.9 Å². The van der Waals surface area contributed by atoms with Crippen LogP contribution in [0.2, 0.25) is 0 Å². The molecule has 0 bridgehead atoms. The summed E-state index contributed by atoms with van der Waals surface area (Å²) >= 11 is 3.19. The van der Waals surface area contributed by atoms with Gasteiger partial charge >= 0.3 is 0 Å². The molecule has 0 fully saturated rings. The van der Waals surface area contributed by atoms with E-state index in [2.05, 4.69) is 25.9 Å². The Bertz CT molecular complexity index is 398. The summed E-state index contributed by atoms with van der Waals surface area (Å²) in [5, 5.41) is 0. The van der Waals surface area contributed by atoms with Crippen molar-refractivity contribution in [3.8, 4) is 0 Å². The van der Waals surface area contributed by atoms with Crippen molar-refractivity contribution in [2.75, 3.05) is 0 Å². The van der Waals surface area contributed by atoms with Crippen molar-refractivity contribution >= 4 is 21.6 Å². The molecule has 2 aromatic heterocycles. The Morgan fingerprint density at radius 2 is 2.27 bits per heavy atom. The van der Waals surface area contributed by atoms with Gasteiger partial charge in [-0.1, -0.05) is 0 Å². The quantitative estimate of drug-likeness (QED) is 0.669. The lowest BCUT2D eigenvalue weighted by atomic mass is 10.6. The minimum Gasteiger partial charge on any atom is -0.275 e. The zero-order valence-electron chi connectivity index (χ0n) is 5.33. The minimum atomic E-state index is -0.418. The Balaban J connectivity index is 2.94. The molecule has 2 aromatic rings. The second-order valence-corrected chi connectivity index (χ2v) is 2.83. The summed E-state index contributed by atoms with van der Waals surface area (Å²) < 4.78 is 15.0. The molecular weight excluding hydrogens is 213 g/mol. The summed E-state index contributed by atoms with van der Waals surface area (Å²) in [5.74, 6) is -0.418. The molecular formula is C6H3BrFN3. The molecule has 0 radical (unpaired) electrons. The summed E-state index contributed by atoms with van der Waals surface area (Å²) in [6, 6.07) is 0. The third-order valence-corrected chi connectivity index (χ3v) is 1.92. The van der Waals surface area contributed by atoms with Gasteiger partial charge in [0.1, 0.15) is 10.9 Å². The monoisotopic (exact) mass is 215 g/mol. The van der Waals surface area contributed by atoms with Crippen LogP contribution in [0.15, 0.2) is 23.3 Å². The fraction of sp³-hybridized carbons (Fsp3) is 0. The van der Waals surface area contributed by atoms with Crippen LogP contribution in [0.5, 0.6) is 0 Å². The van der Waals surface area contributed by atoms with E-state index in [4.69, 9.17) is 0 Å². The van der Waals surface area contributed by atoms with Gasteiger partial charge in [-0.05, 0) is 15.9 Å². The van der Waals surface area contributed by atoms with Crippen LogP contribution in [0.4, 0.5) is 4.39 Å². The van der Waals surface area contributed by atoms with E-state index in [0.29, 0.717) is 4.60 Å². The molecule has 3 nitrogen and oxygen atoms in total. The highest BCUT2D eigenvalue weighted by molar-refractivity contribution is 9.10. The van der Waals surface area contributed by atoms with Crippen LogP contribution in [-0.4, -0.2) is 14.4 Å². The van der Waals surface area contributed by atoms with Gasteiger partial charge in [-0.2, -0.15) is 0 Å². The van der Waals surface area contributed by atoms with Gasteiger partial charge in [0.15, 0.2) is 11.5 Å². The largest absolute Gasteiger partial charge is 0.275 e. The molecule has 0 unspecified atom stereocenters. The average molecular weight is 216 g/mol. The molecule has 0 N–H and O–H groups in total. The van der Waals surface area contributed by atoms with Crippen molar-refractivity contribution in [3.05, 3.63) is 29.1 Å². The van der Waals surface area contributed by atoms with Crippen LogP contribution in [0.3, 0.4) is 0 Å².